The van der Waals surface area contributed by atoms with Gasteiger partial charge in [-0.05, 0) is 38.5 Å². The number of nitrogens with zero attached hydrogens (tertiary/aromatic N) is 1. The summed E-state index contributed by atoms with van der Waals surface area (Å²) in [5.41, 5.74) is 0.593. The summed E-state index contributed by atoms with van der Waals surface area (Å²) in [6.07, 6.45) is -0.318. The molecule has 1 aromatic carbocycles. The van der Waals surface area contributed by atoms with Gasteiger partial charge in [0, 0.05) is 31.5 Å². The van der Waals surface area contributed by atoms with Gasteiger partial charge in [0.1, 0.15) is 11.4 Å². The van der Waals surface area contributed by atoms with Gasteiger partial charge in [0.2, 0.25) is 0 Å². The van der Waals surface area contributed by atoms with E-state index in [4.69, 9.17) is 9.47 Å². The van der Waals surface area contributed by atoms with Crippen LogP contribution in [0.25, 0.3) is 0 Å². The van der Waals surface area contributed by atoms with Gasteiger partial charge in [0.05, 0.1) is 7.11 Å². The monoisotopic (exact) mass is 307 g/mol. The summed E-state index contributed by atoms with van der Waals surface area (Å²) in [7, 11) is 1.63. The standard InChI is InChI=1S/C17H25NO4/c1-17(2,3)22-16(20)18-9-13(11-19)15(10-18)12-5-7-14(21-4)8-6-12/h5-8,13,15,19H,9-11H2,1-4H3/t13-,15-/m1/s1. The van der Waals surface area contributed by atoms with Crippen LogP contribution in [0.5, 0.6) is 5.75 Å². The fourth-order valence-electron chi connectivity index (χ4n) is 2.76. The van der Waals surface area contributed by atoms with E-state index in [-0.39, 0.29) is 24.5 Å². The number of ether oxygens (including phenoxy) is 2. The first-order valence-electron chi connectivity index (χ1n) is 7.57. The third-order valence-corrected chi connectivity index (χ3v) is 3.87. The average Bonchev–Trinajstić information content (AvgIpc) is 2.90. The first-order valence-corrected chi connectivity index (χ1v) is 7.57. The Hall–Kier alpha value is -1.75. The fourth-order valence-corrected chi connectivity index (χ4v) is 2.76. The van der Waals surface area contributed by atoms with Crippen LogP contribution in [0.3, 0.4) is 0 Å². The highest BCUT2D eigenvalue weighted by Crippen LogP contribution is 2.34. The Morgan fingerprint density at radius 2 is 1.91 bits per heavy atom. The van der Waals surface area contributed by atoms with Crippen molar-refractivity contribution in [3.05, 3.63) is 29.8 Å². The van der Waals surface area contributed by atoms with Crippen molar-refractivity contribution in [2.24, 2.45) is 5.92 Å². The lowest BCUT2D eigenvalue weighted by Crippen LogP contribution is -2.35. The van der Waals surface area contributed by atoms with Gasteiger partial charge < -0.3 is 19.5 Å². The van der Waals surface area contributed by atoms with Gasteiger partial charge in [-0.2, -0.15) is 0 Å². The molecule has 1 aliphatic heterocycles. The van der Waals surface area contributed by atoms with E-state index in [0.717, 1.165) is 11.3 Å². The predicted octanol–water partition coefficient (Wildman–Crippen LogP) is 2.64. The Kier molecular flexibility index (Phi) is 4.96. The summed E-state index contributed by atoms with van der Waals surface area (Å²) in [6.45, 7) is 6.69. The van der Waals surface area contributed by atoms with Gasteiger partial charge in [-0.15, -0.1) is 0 Å². The van der Waals surface area contributed by atoms with Crippen LogP contribution in [0.15, 0.2) is 24.3 Å². The zero-order chi connectivity index (χ0) is 16.3. The summed E-state index contributed by atoms with van der Waals surface area (Å²) in [4.78, 5) is 13.9. The highest BCUT2D eigenvalue weighted by Gasteiger charge is 2.37. The molecule has 1 aromatic rings. The molecule has 2 rings (SSSR count). The van der Waals surface area contributed by atoms with E-state index in [1.54, 1.807) is 12.0 Å². The predicted molar refractivity (Wildman–Crippen MR) is 84.1 cm³/mol. The molecule has 0 unspecified atom stereocenters. The van der Waals surface area contributed by atoms with E-state index in [0.29, 0.717) is 13.1 Å². The molecule has 1 N–H and O–H groups in total. The van der Waals surface area contributed by atoms with Crippen molar-refractivity contribution in [3.63, 3.8) is 0 Å². The number of rotatable bonds is 3. The summed E-state index contributed by atoms with van der Waals surface area (Å²) in [6, 6.07) is 7.79. The topological polar surface area (TPSA) is 59.0 Å². The van der Waals surface area contributed by atoms with Gasteiger partial charge in [-0.1, -0.05) is 12.1 Å². The van der Waals surface area contributed by atoms with Gasteiger partial charge >= 0.3 is 6.09 Å². The molecule has 0 saturated carbocycles. The Labute approximate surface area is 131 Å². The number of carbonyl (C=O) groups excluding carboxylic acids is 1. The van der Waals surface area contributed by atoms with Gasteiger partial charge in [-0.25, -0.2) is 4.79 Å². The molecule has 5 nitrogen and oxygen atoms in total. The number of aliphatic hydroxyl groups excluding tert-OH is 1. The van der Waals surface area contributed by atoms with Crippen molar-refractivity contribution in [3.8, 4) is 5.75 Å². The van der Waals surface area contributed by atoms with E-state index < -0.39 is 5.60 Å². The molecular weight excluding hydrogens is 282 g/mol. The van der Waals surface area contributed by atoms with E-state index in [1.807, 2.05) is 45.0 Å². The number of amides is 1. The Bertz CT molecular complexity index is 506. The van der Waals surface area contributed by atoms with Crippen LogP contribution >= 0.6 is 0 Å². The Balaban J connectivity index is 2.10. The molecule has 1 heterocycles. The number of aliphatic hydroxyl groups is 1. The number of benzene rings is 1. The minimum atomic E-state index is -0.510. The minimum absolute atomic E-state index is 0.0286. The molecule has 0 aromatic heterocycles. The summed E-state index contributed by atoms with van der Waals surface area (Å²) >= 11 is 0. The molecule has 1 fully saturated rings. The quantitative estimate of drug-likeness (QED) is 0.932. The summed E-state index contributed by atoms with van der Waals surface area (Å²) in [5, 5.41) is 9.63. The minimum Gasteiger partial charge on any atom is -0.497 e. The van der Waals surface area contributed by atoms with Crippen molar-refractivity contribution in [1.82, 2.24) is 4.90 Å². The maximum atomic E-state index is 12.2. The molecule has 122 valence electrons. The number of likely N-dealkylation sites (tertiary alicyclic amines) is 1. The first kappa shape index (κ1) is 16.6. The molecule has 1 amide bonds. The molecule has 0 aliphatic carbocycles. The highest BCUT2D eigenvalue weighted by atomic mass is 16.6. The summed E-state index contributed by atoms with van der Waals surface area (Å²) in [5.74, 6) is 0.940. The van der Waals surface area contributed by atoms with Crippen LogP contribution in [0.4, 0.5) is 4.79 Å². The number of carbonyl (C=O) groups is 1. The zero-order valence-electron chi connectivity index (χ0n) is 13.7. The van der Waals surface area contributed by atoms with Crippen LogP contribution in [-0.4, -0.2) is 48.5 Å². The van der Waals surface area contributed by atoms with Gasteiger partial charge in [-0.3, -0.25) is 0 Å². The SMILES string of the molecule is COc1ccc([C@H]2CN(C(=O)OC(C)(C)C)C[C@@H]2CO)cc1. The zero-order valence-corrected chi connectivity index (χ0v) is 13.7. The molecular formula is C17H25NO4. The van der Waals surface area contributed by atoms with Crippen LogP contribution < -0.4 is 4.74 Å². The second kappa shape index (κ2) is 6.57. The van der Waals surface area contributed by atoms with Crippen molar-refractivity contribution < 1.29 is 19.4 Å². The van der Waals surface area contributed by atoms with Crippen molar-refractivity contribution in [2.75, 3.05) is 26.8 Å². The number of methoxy groups -OCH3 is 1. The molecule has 1 saturated heterocycles. The lowest BCUT2D eigenvalue weighted by Gasteiger charge is -2.24. The fraction of sp³-hybridized carbons (Fsp3) is 0.588. The maximum absolute atomic E-state index is 12.2. The van der Waals surface area contributed by atoms with Crippen LogP contribution in [0.2, 0.25) is 0 Å². The van der Waals surface area contributed by atoms with E-state index in [9.17, 15) is 9.90 Å². The van der Waals surface area contributed by atoms with Crippen LogP contribution in [0, 0.1) is 5.92 Å². The highest BCUT2D eigenvalue weighted by molar-refractivity contribution is 5.68. The molecule has 22 heavy (non-hydrogen) atoms. The lowest BCUT2D eigenvalue weighted by molar-refractivity contribution is 0.0283. The van der Waals surface area contributed by atoms with Crippen molar-refractivity contribution in [2.45, 2.75) is 32.3 Å². The number of hydrogen-bond donors (Lipinski definition) is 1. The maximum Gasteiger partial charge on any atom is 0.410 e. The molecule has 0 bridgehead atoms. The van der Waals surface area contributed by atoms with Crippen molar-refractivity contribution >= 4 is 6.09 Å². The second-order valence-electron chi connectivity index (χ2n) is 6.71. The molecule has 0 radical (unpaired) electrons. The first-order chi connectivity index (χ1) is 10.3. The largest absolute Gasteiger partial charge is 0.497 e. The normalized spacial score (nSPS) is 21.8. The van der Waals surface area contributed by atoms with Crippen LogP contribution in [0.1, 0.15) is 32.3 Å². The van der Waals surface area contributed by atoms with E-state index in [1.165, 1.54) is 0 Å². The lowest BCUT2D eigenvalue weighted by atomic mass is 9.89. The smallest absolute Gasteiger partial charge is 0.410 e. The molecule has 2 atom stereocenters. The molecule has 5 heteroatoms. The molecule has 0 spiro atoms. The van der Waals surface area contributed by atoms with Gasteiger partial charge in [0.25, 0.3) is 0 Å². The second-order valence-corrected chi connectivity index (χ2v) is 6.71. The third-order valence-electron chi connectivity index (χ3n) is 3.87. The Morgan fingerprint density at radius 3 is 2.41 bits per heavy atom. The van der Waals surface area contributed by atoms with Gasteiger partial charge in [0.15, 0.2) is 0 Å². The van der Waals surface area contributed by atoms with E-state index >= 15 is 0 Å². The number of hydrogen-bond acceptors (Lipinski definition) is 4. The third kappa shape index (κ3) is 3.91. The van der Waals surface area contributed by atoms with Crippen molar-refractivity contribution in [1.29, 1.82) is 0 Å². The average molecular weight is 307 g/mol. The molecule has 1 aliphatic rings. The van der Waals surface area contributed by atoms with E-state index in [2.05, 4.69) is 0 Å². The summed E-state index contributed by atoms with van der Waals surface area (Å²) < 4.78 is 10.6. The Morgan fingerprint density at radius 1 is 1.27 bits per heavy atom. The van der Waals surface area contributed by atoms with Crippen LogP contribution in [-0.2, 0) is 4.74 Å².